The number of hydrogen-bond donors (Lipinski definition) is 1. The van der Waals surface area contributed by atoms with Gasteiger partial charge >= 0.3 is 5.97 Å². The highest BCUT2D eigenvalue weighted by molar-refractivity contribution is 7.99. The van der Waals surface area contributed by atoms with Crippen LogP contribution in [0.2, 0.25) is 0 Å². The third kappa shape index (κ3) is 3.04. The number of thioether (sulfide) groups is 1. The van der Waals surface area contributed by atoms with Gasteiger partial charge in [0.2, 0.25) is 5.16 Å². The number of halogens is 1. The van der Waals surface area contributed by atoms with Gasteiger partial charge in [-0.05, 0) is 16.5 Å². The molecule has 0 atom stereocenters. The van der Waals surface area contributed by atoms with E-state index < -0.39 is 5.97 Å². The van der Waals surface area contributed by atoms with E-state index in [9.17, 15) is 9.18 Å². The molecule has 1 N–H and O–H groups in total. The minimum atomic E-state index is -0.958. The Bertz CT molecular complexity index is 560. The first-order valence-electron chi connectivity index (χ1n) is 5.01. The molecule has 0 bridgehead atoms. The van der Waals surface area contributed by atoms with Gasteiger partial charge in [0.1, 0.15) is 5.82 Å². The number of benzene rings is 1. The maximum absolute atomic E-state index is 13.4. The molecule has 8 heteroatoms. The molecule has 18 heavy (non-hydrogen) atoms. The van der Waals surface area contributed by atoms with Crippen molar-refractivity contribution in [1.82, 2.24) is 20.2 Å². The first-order chi connectivity index (χ1) is 8.66. The Balaban J connectivity index is 2.12. The molecule has 0 spiro atoms. The number of aliphatic carboxylic acids is 1. The smallest absolute Gasteiger partial charge is 0.313 e. The van der Waals surface area contributed by atoms with Crippen LogP contribution in [0.3, 0.4) is 0 Å². The molecule has 0 unspecified atom stereocenters. The van der Waals surface area contributed by atoms with Crippen molar-refractivity contribution in [3.8, 4) is 0 Å². The molecule has 0 aliphatic carbocycles. The summed E-state index contributed by atoms with van der Waals surface area (Å²) < 4.78 is 14.8. The molecule has 94 valence electrons. The van der Waals surface area contributed by atoms with Crippen LogP contribution in [0.25, 0.3) is 0 Å². The molecule has 0 saturated carbocycles. The Hall–Kier alpha value is -1.96. The summed E-state index contributed by atoms with van der Waals surface area (Å²) in [7, 11) is 0. The van der Waals surface area contributed by atoms with E-state index in [0.29, 0.717) is 10.7 Å². The fraction of sp³-hybridized carbons (Fsp3) is 0.200. The number of carboxylic acids is 1. The van der Waals surface area contributed by atoms with E-state index in [0.717, 1.165) is 11.8 Å². The van der Waals surface area contributed by atoms with Crippen molar-refractivity contribution in [2.75, 3.05) is 5.75 Å². The summed E-state index contributed by atoms with van der Waals surface area (Å²) in [5.74, 6) is -1.44. The Morgan fingerprint density at radius 3 is 2.94 bits per heavy atom. The molecular formula is C10H9FN4O2S. The molecule has 0 radical (unpaired) electrons. The van der Waals surface area contributed by atoms with Crippen LogP contribution in [0.15, 0.2) is 29.4 Å². The maximum atomic E-state index is 13.4. The van der Waals surface area contributed by atoms with Crippen LogP contribution in [0, 0.1) is 5.82 Å². The van der Waals surface area contributed by atoms with Gasteiger partial charge in [0.15, 0.2) is 0 Å². The molecular weight excluding hydrogens is 259 g/mol. The van der Waals surface area contributed by atoms with E-state index >= 15 is 0 Å². The predicted octanol–water partition coefficient (Wildman–Crippen LogP) is 1.04. The predicted molar refractivity (Wildman–Crippen MR) is 61.7 cm³/mol. The number of rotatable bonds is 5. The number of tetrazole rings is 1. The highest BCUT2D eigenvalue weighted by atomic mass is 32.2. The van der Waals surface area contributed by atoms with E-state index in [1.54, 1.807) is 18.2 Å². The van der Waals surface area contributed by atoms with Crippen LogP contribution in [-0.2, 0) is 11.3 Å². The van der Waals surface area contributed by atoms with Gasteiger partial charge in [-0.25, -0.2) is 9.07 Å². The molecule has 1 aromatic heterocycles. The highest BCUT2D eigenvalue weighted by Crippen LogP contribution is 2.15. The third-order valence-electron chi connectivity index (χ3n) is 2.10. The van der Waals surface area contributed by atoms with Crippen molar-refractivity contribution in [3.63, 3.8) is 0 Å². The lowest BCUT2D eigenvalue weighted by Crippen LogP contribution is -2.07. The van der Waals surface area contributed by atoms with Gasteiger partial charge in [0, 0.05) is 5.56 Å². The zero-order valence-electron chi connectivity index (χ0n) is 9.15. The monoisotopic (exact) mass is 268 g/mol. The summed E-state index contributed by atoms with van der Waals surface area (Å²) in [5, 5.41) is 19.8. The van der Waals surface area contributed by atoms with E-state index in [-0.39, 0.29) is 18.1 Å². The summed E-state index contributed by atoms with van der Waals surface area (Å²) in [6.07, 6.45) is 0. The fourth-order valence-electron chi connectivity index (χ4n) is 1.31. The normalized spacial score (nSPS) is 10.5. The number of carbonyl (C=O) groups is 1. The number of nitrogens with zero attached hydrogens (tertiary/aromatic N) is 4. The van der Waals surface area contributed by atoms with Crippen molar-refractivity contribution in [3.05, 3.63) is 35.6 Å². The minimum absolute atomic E-state index is 0.141. The lowest BCUT2D eigenvalue weighted by atomic mass is 10.2. The minimum Gasteiger partial charge on any atom is -0.481 e. The van der Waals surface area contributed by atoms with Gasteiger partial charge < -0.3 is 5.11 Å². The van der Waals surface area contributed by atoms with Gasteiger partial charge in [-0.15, -0.1) is 5.10 Å². The molecule has 2 aromatic rings. The summed E-state index contributed by atoms with van der Waals surface area (Å²) in [6, 6.07) is 6.29. The number of aromatic nitrogens is 4. The van der Waals surface area contributed by atoms with Gasteiger partial charge in [-0.3, -0.25) is 4.79 Å². The van der Waals surface area contributed by atoms with E-state index in [1.165, 1.54) is 10.7 Å². The molecule has 0 fully saturated rings. The molecule has 0 saturated heterocycles. The largest absolute Gasteiger partial charge is 0.481 e. The molecule has 6 nitrogen and oxygen atoms in total. The van der Waals surface area contributed by atoms with Crippen molar-refractivity contribution in [1.29, 1.82) is 0 Å². The molecule has 0 aliphatic rings. The van der Waals surface area contributed by atoms with E-state index in [1.807, 2.05) is 0 Å². The molecule has 0 amide bonds. The first kappa shape index (κ1) is 12.5. The molecule has 1 heterocycles. The summed E-state index contributed by atoms with van der Waals surface area (Å²) >= 11 is 0.992. The van der Waals surface area contributed by atoms with Crippen molar-refractivity contribution in [2.24, 2.45) is 0 Å². The van der Waals surface area contributed by atoms with Crippen molar-refractivity contribution >= 4 is 17.7 Å². The second kappa shape index (κ2) is 5.58. The standard InChI is InChI=1S/C10H9FN4O2S/c11-8-4-2-1-3-7(8)5-15-10(12-13-14-15)18-6-9(16)17/h1-4H,5-6H2,(H,16,17). The fourth-order valence-corrected chi connectivity index (χ4v) is 1.91. The average Bonchev–Trinajstić information content (AvgIpc) is 2.77. The second-order valence-corrected chi connectivity index (χ2v) is 4.34. The van der Waals surface area contributed by atoms with Gasteiger partial charge in [0.25, 0.3) is 0 Å². The zero-order chi connectivity index (χ0) is 13.0. The molecule has 0 aliphatic heterocycles. The van der Waals surface area contributed by atoms with Crippen molar-refractivity contribution in [2.45, 2.75) is 11.7 Å². The van der Waals surface area contributed by atoms with Crippen LogP contribution in [0.4, 0.5) is 4.39 Å². The maximum Gasteiger partial charge on any atom is 0.313 e. The second-order valence-electron chi connectivity index (χ2n) is 3.39. The van der Waals surface area contributed by atoms with Crippen LogP contribution >= 0.6 is 11.8 Å². The van der Waals surface area contributed by atoms with Crippen LogP contribution in [-0.4, -0.2) is 37.0 Å². The Kier molecular flexibility index (Phi) is 3.88. The Morgan fingerprint density at radius 1 is 1.44 bits per heavy atom. The number of carboxylic acid groups (broad SMARTS) is 1. The van der Waals surface area contributed by atoms with Crippen LogP contribution < -0.4 is 0 Å². The summed E-state index contributed by atoms with van der Waals surface area (Å²) in [5.41, 5.74) is 0.446. The summed E-state index contributed by atoms with van der Waals surface area (Å²) in [6.45, 7) is 0.168. The van der Waals surface area contributed by atoms with Gasteiger partial charge in [-0.1, -0.05) is 30.0 Å². The lowest BCUT2D eigenvalue weighted by Gasteiger charge is -2.04. The third-order valence-corrected chi connectivity index (χ3v) is 3.04. The zero-order valence-corrected chi connectivity index (χ0v) is 9.97. The highest BCUT2D eigenvalue weighted by Gasteiger charge is 2.11. The van der Waals surface area contributed by atoms with E-state index in [2.05, 4.69) is 15.5 Å². The quantitative estimate of drug-likeness (QED) is 0.816. The van der Waals surface area contributed by atoms with Crippen LogP contribution in [0.5, 0.6) is 0 Å². The lowest BCUT2D eigenvalue weighted by molar-refractivity contribution is -0.133. The Morgan fingerprint density at radius 2 is 2.22 bits per heavy atom. The van der Waals surface area contributed by atoms with Crippen LogP contribution in [0.1, 0.15) is 5.56 Å². The SMILES string of the molecule is O=C(O)CSc1nnnn1Cc1ccccc1F. The number of hydrogen-bond acceptors (Lipinski definition) is 5. The molecule has 1 aromatic carbocycles. The molecule has 2 rings (SSSR count). The Labute approximate surface area is 106 Å². The average molecular weight is 268 g/mol. The van der Waals surface area contributed by atoms with Gasteiger partial charge in [0.05, 0.1) is 12.3 Å². The van der Waals surface area contributed by atoms with E-state index in [4.69, 9.17) is 5.11 Å². The topological polar surface area (TPSA) is 80.9 Å². The first-order valence-corrected chi connectivity index (χ1v) is 5.99. The van der Waals surface area contributed by atoms with Crippen molar-refractivity contribution < 1.29 is 14.3 Å². The summed E-state index contributed by atoms with van der Waals surface area (Å²) in [4.78, 5) is 10.5. The van der Waals surface area contributed by atoms with Gasteiger partial charge in [-0.2, -0.15) is 0 Å².